The van der Waals surface area contributed by atoms with Crippen LogP contribution in [0.3, 0.4) is 0 Å². The number of hydrogen-bond donors (Lipinski definition) is 1. The molecule has 2 heteroatoms. The molecule has 0 amide bonds. The van der Waals surface area contributed by atoms with E-state index in [4.69, 9.17) is 0 Å². The Morgan fingerprint density at radius 3 is 2.00 bits per heavy atom. The van der Waals surface area contributed by atoms with Crippen molar-refractivity contribution in [2.75, 3.05) is 5.88 Å². The molecule has 0 aromatic heterocycles. The molecule has 0 saturated carbocycles. The molecule has 0 atom stereocenters. The van der Waals surface area contributed by atoms with Crippen molar-refractivity contribution >= 4 is 23.9 Å². The molecule has 2 aromatic rings. The third kappa shape index (κ3) is 3.72. The average Bonchev–Trinajstić information content (AvgIpc) is 2.53. The van der Waals surface area contributed by atoms with Crippen LogP contribution in [0.25, 0.3) is 5.57 Å². The van der Waals surface area contributed by atoms with Crippen LogP contribution >= 0.6 is 12.6 Å². The van der Waals surface area contributed by atoms with E-state index in [9.17, 15) is 0 Å². The minimum Gasteiger partial charge on any atom is -0.274 e. The van der Waals surface area contributed by atoms with Crippen LogP contribution in [0.2, 0.25) is 0 Å². The largest absolute Gasteiger partial charge is 0.274 e. The maximum atomic E-state index is 4.46. The maximum absolute atomic E-state index is 4.46. The molecule has 20 heavy (non-hydrogen) atoms. The molecule has 0 aliphatic carbocycles. The van der Waals surface area contributed by atoms with Gasteiger partial charge in [-0.25, -0.2) is 0 Å². The molecule has 0 fully saturated rings. The normalized spacial score (nSPS) is 12.2. The second-order valence-corrected chi connectivity index (χ2v) is 4.50. The summed E-state index contributed by atoms with van der Waals surface area (Å²) in [5.41, 5.74) is 4.18. The molecule has 2 rings (SSSR count). The van der Waals surface area contributed by atoms with Crippen molar-refractivity contribution in [2.45, 2.75) is 0 Å². The third-order valence-electron chi connectivity index (χ3n) is 2.93. The molecule has 0 radical (unpaired) electrons. The van der Waals surface area contributed by atoms with E-state index in [-0.39, 0.29) is 0 Å². The predicted octanol–water partition coefficient (Wildman–Crippen LogP) is 4.63. The topological polar surface area (TPSA) is 12.4 Å². The number of benzene rings is 2. The van der Waals surface area contributed by atoms with Crippen molar-refractivity contribution in [3.8, 4) is 0 Å². The number of allylic oxidation sites excluding steroid dienone is 3. The lowest BCUT2D eigenvalue weighted by atomic mass is 10.0. The summed E-state index contributed by atoms with van der Waals surface area (Å²) >= 11 is 4.21. The van der Waals surface area contributed by atoms with Gasteiger partial charge in [0.05, 0.1) is 11.6 Å². The Labute approximate surface area is 125 Å². The number of thiol groups is 1. The van der Waals surface area contributed by atoms with E-state index in [1.165, 1.54) is 0 Å². The zero-order valence-corrected chi connectivity index (χ0v) is 12.1. The van der Waals surface area contributed by atoms with Crippen LogP contribution in [0.4, 0.5) is 0 Å². The van der Waals surface area contributed by atoms with E-state index >= 15 is 0 Å². The Kier molecular flexibility index (Phi) is 5.39. The summed E-state index contributed by atoms with van der Waals surface area (Å²) in [7, 11) is 0. The SMILES string of the molecule is C=C/C(=C\C(=NCS)c1ccccc1)c1ccccc1. The van der Waals surface area contributed by atoms with Crippen molar-refractivity contribution in [3.05, 3.63) is 90.5 Å². The minimum absolute atomic E-state index is 0.458. The van der Waals surface area contributed by atoms with Gasteiger partial charge in [0.25, 0.3) is 0 Å². The van der Waals surface area contributed by atoms with E-state index in [0.717, 1.165) is 22.4 Å². The summed E-state index contributed by atoms with van der Waals surface area (Å²) < 4.78 is 0. The molecule has 0 unspecified atom stereocenters. The van der Waals surface area contributed by atoms with Gasteiger partial charge in [-0.05, 0) is 22.8 Å². The summed E-state index contributed by atoms with van der Waals surface area (Å²) in [6.45, 7) is 3.90. The molecule has 0 saturated heterocycles. The highest BCUT2D eigenvalue weighted by atomic mass is 32.1. The molecule has 2 aromatic carbocycles. The zero-order chi connectivity index (χ0) is 14.2. The number of rotatable bonds is 5. The van der Waals surface area contributed by atoms with Crippen molar-refractivity contribution in [2.24, 2.45) is 4.99 Å². The van der Waals surface area contributed by atoms with Crippen molar-refractivity contribution in [1.29, 1.82) is 0 Å². The van der Waals surface area contributed by atoms with Gasteiger partial charge in [-0.2, -0.15) is 12.6 Å². The summed E-state index contributed by atoms with van der Waals surface area (Å²) in [6, 6.07) is 20.3. The first-order valence-corrected chi connectivity index (χ1v) is 7.08. The second kappa shape index (κ2) is 7.51. The Morgan fingerprint density at radius 1 is 0.950 bits per heavy atom. The Hall–Kier alpha value is -2.06. The Balaban J connectivity index is 2.43. The fourth-order valence-electron chi connectivity index (χ4n) is 1.94. The van der Waals surface area contributed by atoms with Gasteiger partial charge in [0.2, 0.25) is 0 Å². The Morgan fingerprint density at radius 2 is 1.50 bits per heavy atom. The standard InChI is InChI=1S/C18H17NS/c1-2-15(16-9-5-3-6-10-16)13-18(19-14-20)17-11-7-4-8-12-17/h2-13,20H,1,14H2/b15-13+,19-18?. The molecular weight excluding hydrogens is 262 g/mol. The van der Waals surface area contributed by atoms with Crippen molar-refractivity contribution in [1.82, 2.24) is 0 Å². The lowest BCUT2D eigenvalue weighted by Gasteiger charge is -2.06. The van der Waals surface area contributed by atoms with Gasteiger partial charge in [0, 0.05) is 0 Å². The number of nitrogens with zero attached hydrogens (tertiary/aromatic N) is 1. The van der Waals surface area contributed by atoms with Crippen molar-refractivity contribution < 1.29 is 0 Å². The first-order valence-electron chi connectivity index (χ1n) is 6.45. The van der Waals surface area contributed by atoms with Gasteiger partial charge in [-0.15, -0.1) is 0 Å². The number of hydrogen-bond acceptors (Lipinski definition) is 2. The third-order valence-corrected chi connectivity index (χ3v) is 3.07. The van der Waals surface area contributed by atoms with E-state index in [2.05, 4.69) is 36.3 Å². The molecule has 0 aliphatic rings. The molecule has 1 nitrogen and oxygen atoms in total. The van der Waals surface area contributed by atoms with E-state index < -0.39 is 0 Å². The minimum atomic E-state index is 0.458. The van der Waals surface area contributed by atoms with Gasteiger partial charge in [0.15, 0.2) is 0 Å². The van der Waals surface area contributed by atoms with Gasteiger partial charge >= 0.3 is 0 Å². The maximum Gasteiger partial charge on any atom is 0.0822 e. The summed E-state index contributed by atoms with van der Waals surface area (Å²) in [5, 5.41) is 0. The quantitative estimate of drug-likeness (QED) is 0.465. The smallest absolute Gasteiger partial charge is 0.0822 e. The summed E-state index contributed by atoms with van der Waals surface area (Å²) in [5.74, 6) is 0.458. The predicted molar refractivity (Wildman–Crippen MR) is 91.4 cm³/mol. The average molecular weight is 279 g/mol. The van der Waals surface area contributed by atoms with Crippen LogP contribution in [0.5, 0.6) is 0 Å². The van der Waals surface area contributed by atoms with Crippen LogP contribution < -0.4 is 0 Å². The van der Waals surface area contributed by atoms with Crippen LogP contribution in [-0.4, -0.2) is 11.6 Å². The highest BCUT2D eigenvalue weighted by Gasteiger charge is 2.02. The molecule has 100 valence electrons. The van der Waals surface area contributed by atoms with Gasteiger partial charge in [-0.1, -0.05) is 73.3 Å². The second-order valence-electron chi connectivity index (χ2n) is 4.22. The molecule has 0 heterocycles. The molecule has 0 aliphatic heterocycles. The van der Waals surface area contributed by atoms with Crippen LogP contribution in [0.15, 0.2) is 84.4 Å². The summed E-state index contributed by atoms with van der Waals surface area (Å²) in [6.07, 6.45) is 3.90. The fraction of sp³-hybridized carbons (Fsp3) is 0.0556. The van der Waals surface area contributed by atoms with Crippen LogP contribution in [-0.2, 0) is 0 Å². The van der Waals surface area contributed by atoms with Crippen LogP contribution in [0, 0.1) is 0 Å². The zero-order valence-electron chi connectivity index (χ0n) is 11.2. The van der Waals surface area contributed by atoms with Gasteiger partial charge < -0.3 is 0 Å². The monoisotopic (exact) mass is 279 g/mol. The fourth-order valence-corrected chi connectivity index (χ4v) is 2.10. The molecule has 0 bridgehead atoms. The van der Waals surface area contributed by atoms with Crippen molar-refractivity contribution in [3.63, 3.8) is 0 Å². The van der Waals surface area contributed by atoms with E-state index in [1.54, 1.807) is 0 Å². The molecular formula is C18H17NS. The van der Waals surface area contributed by atoms with Crippen LogP contribution in [0.1, 0.15) is 11.1 Å². The lowest BCUT2D eigenvalue weighted by molar-refractivity contribution is 1.38. The first kappa shape index (κ1) is 14.4. The van der Waals surface area contributed by atoms with Gasteiger partial charge in [-0.3, -0.25) is 4.99 Å². The van der Waals surface area contributed by atoms with Gasteiger partial charge in [0.1, 0.15) is 0 Å². The first-order chi connectivity index (χ1) is 9.85. The van der Waals surface area contributed by atoms with E-state index in [1.807, 2.05) is 60.7 Å². The Bertz CT molecular complexity index is 612. The lowest BCUT2D eigenvalue weighted by Crippen LogP contribution is -1.98. The highest BCUT2D eigenvalue weighted by molar-refractivity contribution is 7.80. The number of aliphatic imine (C=N–C) groups is 1. The molecule has 0 spiro atoms. The highest BCUT2D eigenvalue weighted by Crippen LogP contribution is 2.17. The summed E-state index contributed by atoms with van der Waals surface area (Å²) in [4.78, 5) is 4.46. The molecule has 0 N–H and O–H groups in total. The van der Waals surface area contributed by atoms with E-state index in [0.29, 0.717) is 5.88 Å².